The molecule has 1 aromatic heterocycles. The van der Waals surface area contributed by atoms with E-state index >= 15 is 0 Å². The average molecular weight is 599 g/mol. The first-order valence-corrected chi connectivity index (χ1v) is 15.8. The van der Waals surface area contributed by atoms with Gasteiger partial charge in [0.25, 0.3) is 0 Å². The highest BCUT2D eigenvalue weighted by atomic mass is 32.2. The zero-order valence-corrected chi connectivity index (χ0v) is 24.7. The number of benzene rings is 2. The number of piperidine rings is 1. The molecular formula is C30H38N4O7S. The molecule has 12 heteroatoms. The summed E-state index contributed by atoms with van der Waals surface area (Å²) >= 11 is 0. The standard InChI is InChI=1S/C30H38N4O7S/c1-3-39-30(36)23-9-12-29(32-18-23)34(24-13-15-31-16-14-24)19-25(35)21-40-26-10-11-28(27(17-26)33-42(2,37)38)41-20-22-7-5-4-6-8-22/h4-12,17-18,24-25,31,33,35H,3,13-16,19-21H2,1-2H3. The van der Waals surface area contributed by atoms with Gasteiger partial charge in [0.1, 0.15) is 36.6 Å². The summed E-state index contributed by atoms with van der Waals surface area (Å²) < 4.78 is 43.3. The number of anilines is 2. The first-order valence-electron chi connectivity index (χ1n) is 13.9. The summed E-state index contributed by atoms with van der Waals surface area (Å²) in [5, 5.41) is 14.3. The van der Waals surface area contributed by atoms with Gasteiger partial charge in [-0.25, -0.2) is 18.2 Å². The lowest BCUT2D eigenvalue weighted by molar-refractivity contribution is 0.0526. The van der Waals surface area contributed by atoms with E-state index in [0.717, 1.165) is 37.8 Å². The van der Waals surface area contributed by atoms with E-state index in [9.17, 15) is 18.3 Å². The van der Waals surface area contributed by atoms with Gasteiger partial charge in [0.15, 0.2) is 0 Å². The minimum Gasteiger partial charge on any atom is -0.491 e. The second-order valence-electron chi connectivity index (χ2n) is 10.0. The van der Waals surface area contributed by atoms with E-state index in [1.165, 1.54) is 12.3 Å². The van der Waals surface area contributed by atoms with Crippen LogP contribution in [0.3, 0.4) is 0 Å². The number of esters is 1. The molecule has 0 saturated carbocycles. The van der Waals surface area contributed by atoms with Crippen LogP contribution in [0.2, 0.25) is 0 Å². The Labute approximate surface area is 246 Å². The Morgan fingerprint density at radius 3 is 2.55 bits per heavy atom. The lowest BCUT2D eigenvalue weighted by atomic mass is 10.0. The number of aliphatic hydroxyl groups excluding tert-OH is 1. The Morgan fingerprint density at radius 2 is 1.88 bits per heavy atom. The molecule has 4 rings (SSSR count). The summed E-state index contributed by atoms with van der Waals surface area (Å²) in [7, 11) is -3.58. The van der Waals surface area contributed by atoms with Crippen LogP contribution in [0.5, 0.6) is 11.5 Å². The lowest BCUT2D eigenvalue weighted by Crippen LogP contribution is -2.47. The number of carbonyl (C=O) groups excluding carboxylic acids is 1. The second-order valence-corrected chi connectivity index (χ2v) is 11.8. The van der Waals surface area contributed by atoms with Crippen LogP contribution in [0.4, 0.5) is 11.5 Å². The summed E-state index contributed by atoms with van der Waals surface area (Å²) in [4.78, 5) is 18.6. The van der Waals surface area contributed by atoms with Crippen LogP contribution < -0.4 is 24.4 Å². The Kier molecular flexibility index (Phi) is 11.0. The molecule has 1 aliphatic heterocycles. The molecule has 0 spiro atoms. The molecule has 3 N–H and O–H groups in total. The maximum absolute atomic E-state index is 12.1. The molecule has 0 amide bonds. The molecule has 42 heavy (non-hydrogen) atoms. The third-order valence-electron chi connectivity index (χ3n) is 6.64. The van der Waals surface area contributed by atoms with Crippen molar-refractivity contribution in [3.8, 4) is 11.5 Å². The van der Waals surface area contributed by atoms with Gasteiger partial charge in [0, 0.05) is 24.8 Å². The van der Waals surface area contributed by atoms with Gasteiger partial charge < -0.3 is 29.5 Å². The number of aliphatic hydroxyl groups is 1. The highest BCUT2D eigenvalue weighted by molar-refractivity contribution is 7.92. The highest BCUT2D eigenvalue weighted by Gasteiger charge is 2.25. The van der Waals surface area contributed by atoms with Crippen LogP contribution >= 0.6 is 0 Å². The number of pyridine rings is 1. The third kappa shape index (κ3) is 9.33. The van der Waals surface area contributed by atoms with Gasteiger partial charge >= 0.3 is 5.97 Å². The van der Waals surface area contributed by atoms with E-state index in [0.29, 0.717) is 22.9 Å². The zero-order valence-electron chi connectivity index (χ0n) is 23.9. The summed E-state index contributed by atoms with van der Waals surface area (Å²) in [6, 6.07) is 18.0. The maximum Gasteiger partial charge on any atom is 0.339 e. The summed E-state index contributed by atoms with van der Waals surface area (Å²) in [5.41, 5.74) is 1.54. The van der Waals surface area contributed by atoms with E-state index < -0.39 is 22.1 Å². The number of hydrogen-bond acceptors (Lipinski definition) is 10. The van der Waals surface area contributed by atoms with Crippen LogP contribution in [0, 0.1) is 0 Å². The molecule has 3 aromatic rings. The van der Waals surface area contributed by atoms with Crippen LogP contribution in [0.25, 0.3) is 0 Å². The molecule has 11 nitrogen and oxygen atoms in total. The molecule has 2 aromatic carbocycles. The molecular weight excluding hydrogens is 560 g/mol. The van der Waals surface area contributed by atoms with Gasteiger partial charge in [-0.3, -0.25) is 4.72 Å². The first kappa shape index (κ1) is 31.1. The molecule has 1 fully saturated rings. The number of nitrogens with one attached hydrogen (secondary N) is 2. The topological polar surface area (TPSA) is 139 Å². The SMILES string of the molecule is CCOC(=O)c1ccc(N(CC(O)COc2ccc(OCc3ccccc3)c(NS(C)(=O)=O)c2)C2CCNCC2)nc1. The van der Waals surface area contributed by atoms with E-state index in [2.05, 4.69) is 15.0 Å². The van der Waals surface area contributed by atoms with Crippen molar-refractivity contribution in [2.24, 2.45) is 0 Å². The number of rotatable bonds is 14. The number of sulfonamides is 1. The normalized spacial score (nSPS) is 14.5. The summed E-state index contributed by atoms with van der Waals surface area (Å²) in [6.07, 6.45) is 3.42. The van der Waals surface area contributed by atoms with Crippen molar-refractivity contribution in [1.82, 2.24) is 10.3 Å². The van der Waals surface area contributed by atoms with E-state index in [4.69, 9.17) is 14.2 Å². The molecule has 1 saturated heterocycles. The van der Waals surface area contributed by atoms with Gasteiger partial charge in [-0.1, -0.05) is 30.3 Å². The number of nitrogens with zero attached hydrogens (tertiary/aromatic N) is 2. The Balaban J connectivity index is 1.43. The van der Waals surface area contributed by atoms with Crippen molar-refractivity contribution in [2.45, 2.75) is 38.5 Å². The van der Waals surface area contributed by atoms with E-state index in [1.54, 1.807) is 31.2 Å². The zero-order chi connectivity index (χ0) is 30.0. The van der Waals surface area contributed by atoms with Gasteiger partial charge in [-0.15, -0.1) is 0 Å². The van der Waals surface area contributed by atoms with Crippen LogP contribution in [-0.4, -0.2) is 75.7 Å². The fourth-order valence-electron chi connectivity index (χ4n) is 4.65. The molecule has 226 valence electrons. The van der Waals surface area contributed by atoms with Crippen molar-refractivity contribution in [3.05, 3.63) is 78.0 Å². The van der Waals surface area contributed by atoms with E-state index in [1.807, 2.05) is 35.2 Å². The largest absolute Gasteiger partial charge is 0.491 e. The van der Waals surface area contributed by atoms with Gasteiger partial charge in [0.2, 0.25) is 10.0 Å². The number of hydrogen-bond donors (Lipinski definition) is 3. The van der Waals surface area contributed by atoms with Gasteiger partial charge in [0.05, 0.1) is 24.1 Å². The quantitative estimate of drug-likeness (QED) is 0.237. The van der Waals surface area contributed by atoms with Crippen molar-refractivity contribution in [2.75, 3.05) is 48.7 Å². The minimum atomic E-state index is -3.58. The second kappa shape index (κ2) is 14.9. The molecule has 0 bridgehead atoms. The fraction of sp³-hybridized carbons (Fsp3) is 0.400. The summed E-state index contributed by atoms with van der Waals surface area (Å²) in [5.74, 6) is 0.942. The van der Waals surface area contributed by atoms with Crippen LogP contribution in [-0.2, 0) is 21.4 Å². The highest BCUT2D eigenvalue weighted by Crippen LogP contribution is 2.31. The van der Waals surface area contributed by atoms with Crippen molar-refractivity contribution in [3.63, 3.8) is 0 Å². The maximum atomic E-state index is 12.1. The smallest absolute Gasteiger partial charge is 0.339 e. The Bertz CT molecular complexity index is 1400. The van der Waals surface area contributed by atoms with E-state index in [-0.39, 0.29) is 38.1 Å². The van der Waals surface area contributed by atoms with Crippen molar-refractivity contribution >= 4 is 27.5 Å². The van der Waals surface area contributed by atoms with Crippen LogP contribution in [0.15, 0.2) is 66.9 Å². The first-order chi connectivity index (χ1) is 20.2. The number of carbonyl (C=O) groups is 1. The molecule has 2 heterocycles. The Hall–Kier alpha value is -3.87. The van der Waals surface area contributed by atoms with Crippen molar-refractivity contribution in [1.29, 1.82) is 0 Å². The lowest BCUT2D eigenvalue weighted by Gasteiger charge is -2.36. The predicted octanol–water partition coefficient (Wildman–Crippen LogP) is 3.21. The molecule has 0 aliphatic carbocycles. The minimum absolute atomic E-state index is 0.0368. The average Bonchev–Trinajstić information content (AvgIpc) is 2.99. The Morgan fingerprint density at radius 1 is 1.12 bits per heavy atom. The van der Waals surface area contributed by atoms with Crippen LogP contribution in [0.1, 0.15) is 35.7 Å². The van der Waals surface area contributed by atoms with Crippen molar-refractivity contribution < 1.29 is 32.5 Å². The van der Waals surface area contributed by atoms with Gasteiger partial charge in [-0.05, 0) is 62.7 Å². The third-order valence-corrected chi connectivity index (χ3v) is 7.23. The van der Waals surface area contributed by atoms with Gasteiger partial charge in [-0.2, -0.15) is 0 Å². The fourth-order valence-corrected chi connectivity index (χ4v) is 5.21. The molecule has 1 aliphatic rings. The molecule has 0 radical (unpaired) electrons. The molecule has 1 atom stereocenters. The monoisotopic (exact) mass is 598 g/mol. The number of ether oxygens (including phenoxy) is 3. The summed E-state index contributed by atoms with van der Waals surface area (Å²) in [6.45, 7) is 4.21. The predicted molar refractivity (Wildman–Crippen MR) is 161 cm³/mol. The molecule has 1 unspecified atom stereocenters. The number of aromatic nitrogens is 1.